The third kappa shape index (κ3) is 2.86. The molecule has 3 N–H and O–H groups in total. The number of H-pyrrole nitrogens is 1. The van der Waals surface area contributed by atoms with Crippen LogP contribution in [0.3, 0.4) is 0 Å². The lowest BCUT2D eigenvalue weighted by atomic mass is 10.5. The summed E-state index contributed by atoms with van der Waals surface area (Å²) in [5.41, 5.74) is 0. The van der Waals surface area contributed by atoms with Gasteiger partial charge in [0, 0.05) is 22.9 Å². The molecule has 0 aliphatic heterocycles. The highest BCUT2D eigenvalue weighted by Crippen LogP contribution is 2.08. The van der Waals surface area contributed by atoms with Crippen LogP contribution in [0.4, 0.5) is 0 Å². The second-order valence-electron chi connectivity index (χ2n) is 2.79. The first-order valence-electron chi connectivity index (χ1n) is 3.74. The summed E-state index contributed by atoms with van der Waals surface area (Å²) in [7, 11) is 3.52. The lowest BCUT2D eigenvalue weighted by molar-refractivity contribution is 0.0320. The summed E-state index contributed by atoms with van der Waals surface area (Å²) in [5.74, 6) is 1.11. The van der Waals surface area contributed by atoms with E-state index in [0.29, 0.717) is 18.2 Å². The van der Waals surface area contributed by atoms with Gasteiger partial charge in [-0.25, -0.2) is 4.98 Å². The molecule has 0 fully saturated rings. The molecule has 74 valence electrons. The van der Waals surface area contributed by atoms with Crippen molar-refractivity contribution in [2.24, 2.45) is 0 Å². The topological polar surface area (TPSA) is 77.1 Å². The van der Waals surface area contributed by atoms with Gasteiger partial charge in [-0.15, -0.1) is 0 Å². The van der Waals surface area contributed by atoms with Crippen molar-refractivity contribution in [1.29, 1.82) is 0 Å². The highest BCUT2D eigenvalue weighted by atomic mass is 127. The number of aromatic amines is 1. The maximum atomic E-state index is 9.54. The smallest absolute Gasteiger partial charge is 0.194 e. The molecular weight excluding hydrogens is 285 g/mol. The van der Waals surface area contributed by atoms with E-state index in [1.54, 1.807) is 19.0 Å². The minimum Gasteiger partial charge on any atom is -0.371 e. The van der Waals surface area contributed by atoms with E-state index >= 15 is 0 Å². The third-order valence-corrected chi connectivity index (χ3v) is 1.88. The first-order chi connectivity index (χ1) is 6.15. The summed E-state index contributed by atoms with van der Waals surface area (Å²) in [6.45, 7) is 0.605. The van der Waals surface area contributed by atoms with E-state index in [1.165, 1.54) is 0 Å². The molecular formula is C6H12IN5O. The highest BCUT2D eigenvalue weighted by Gasteiger charge is 2.14. The van der Waals surface area contributed by atoms with Crippen LogP contribution in [0.1, 0.15) is 17.9 Å². The van der Waals surface area contributed by atoms with Crippen molar-refractivity contribution < 1.29 is 5.11 Å². The SMILES string of the molecule is CN(C)C(O)c1n[nH]c(CNI)n1. The van der Waals surface area contributed by atoms with E-state index < -0.39 is 6.23 Å². The van der Waals surface area contributed by atoms with Crippen LogP contribution in [0.15, 0.2) is 0 Å². The van der Waals surface area contributed by atoms with Crippen molar-refractivity contribution in [1.82, 2.24) is 23.6 Å². The predicted molar refractivity (Wildman–Crippen MR) is 55.9 cm³/mol. The van der Waals surface area contributed by atoms with E-state index in [0.717, 1.165) is 0 Å². The van der Waals surface area contributed by atoms with E-state index in [9.17, 15) is 5.11 Å². The number of halogens is 1. The lowest BCUT2D eigenvalue weighted by Crippen LogP contribution is -2.20. The van der Waals surface area contributed by atoms with Gasteiger partial charge in [0.2, 0.25) is 0 Å². The Labute approximate surface area is 90.2 Å². The van der Waals surface area contributed by atoms with Crippen molar-refractivity contribution in [3.05, 3.63) is 11.6 Å². The van der Waals surface area contributed by atoms with Crippen molar-refractivity contribution in [2.45, 2.75) is 12.8 Å². The van der Waals surface area contributed by atoms with Gasteiger partial charge in [-0.05, 0) is 14.1 Å². The monoisotopic (exact) mass is 297 g/mol. The van der Waals surface area contributed by atoms with Crippen molar-refractivity contribution >= 4 is 22.9 Å². The standard InChI is InChI=1S/C6H12IN5O/c1-12(2)6(13)5-9-4(3-8-7)10-11-5/h6,8,13H,3H2,1-2H3,(H,9,10,11). The van der Waals surface area contributed by atoms with Gasteiger partial charge < -0.3 is 5.11 Å². The number of hydrogen-bond donors (Lipinski definition) is 3. The molecule has 13 heavy (non-hydrogen) atoms. The molecule has 0 saturated carbocycles. The van der Waals surface area contributed by atoms with E-state index in [-0.39, 0.29) is 0 Å². The van der Waals surface area contributed by atoms with Gasteiger partial charge in [0.1, 0.15) is 5.82 Å². The summed E-state index contributed by atoms with van der Waals surface area (Å²) < 4.78 is 2.91. The van der Waals surface area contributed by atoms with Crippen molar-refractivity contribution in [3.63, 3.8) is 0 Å². The Morgan fingerprint density at radius 1 is 1.69 bits per heavy atom. The van der Waals surface area contributed by atoms with Crippen LogP contribution >= 0.6 is 22.9 Å². The van der Waals surface area contributed by atoms with Crippen LogP contribution in [0, 0.1) is 0 Å². The van der Waals surface area contributed by atoms with Crippen LogP contribution < -0.4 is 3.53 Å². The molecule has 0 bridgehead atoms. The van der Waals surface area contributed by atoms with Gasteiger partial charge in [0.05, 0.1) is 6.54 Å². The molecule has 0 radical (unpaired) electrons. The molecule has 1 aromatic heterocycles. The lowest BCUT2D eigenvalue weighted by Gasteiger charge is -2.14. The largest absolute Gasteiger partial charge is 0.371 e. The number of aliphatic hydroxyl groups is 1. The van der Waals surface area contributed by atoms with E-state index in [2.05, 4.69) is 18.7 Å². The second kappa shape index (κ2) is 4.84. The first-order valence-corrected chi connectivity index (χ1v) is 4.82. The van der Waals surface area contributed by atoms with Crippen LogP contribution in [0.5, 0.6) is 0 Å². The summed E-state index contributed by atoms with van der Waals surface area (Å²) >= 11 is 2.02. The Kier molecular flexibility index (Phi) is 4.03. The van der Waals surface area contributed by atoms with E-state index in [1.807, 2.05) is 22.9 Å². The molecule has 0 aliphatic rings. The normalized spacial score (nSPS) is 13.6. The maximum absolute atomic E-state index is 9.54. The van der Waals surface area contributed by atoms with Crippen LogP contribution in [0.2, 0.25) is 0 Å². The Hall–Kier alpha value is -0.250. The molecule has 0 spiro atoms. The fourth-order valence-electron chi connectivity index (χ4n) is 0.799. The highest BCUT2D eigenvalue weighted by molar-refractivity contribution is 14.1. The predicted octanol–water partition coefficient (Wildman–Crippen LogP) is -0.203. The molecule has 0 aliphatic carbocycles. The molecule has 1 rings (SSSR count). The molecule has 6 nitrogen and oxygen atoms in total. The summed E-state index contributed by atoms with van der Waals surface area (Å²) in [6.07, 6.45) is -0.751. The number of hydrogen-bond acceptors (Lipinski definition) is 5. The van der Waals surface area contributed by atoms with Gasteiger partial charge in [-0.3, -0.25) is 13.5 Å². The molecule has 0 amide bonds. The molecule has 1 unspecified atom stereocenters. The minimum atomic E-state index is -0.751. The average molecular weight is 297 g/mol. The quantitative estimate of drug-likeness (QED) is 0.407. The molecule has 1 aromatic rings. The molecule has 0 aromatic carbocycles. The van der Waals surface area contributed by atoms with Crippen LogP contribution in [-0.4, -0.2) is 39.3 Å². The summed E-state index contributed by atoms with van der Waals surface area (Å²) in [5, 5.41) is 16.2. The fraction of sp³-hybridized carbons (Fsp3) is 0.667. The third-order valence-electron chi connectivity index (χ3n) is 1.50. The zero-order valence-electron chi connectivity index (χ0n) is 7.45. The van der Waals surface area contributed by atoms with Crippen LogP contribution in [-0.2, 0) is 6.54 Å². The number of rotatable bonds is 4. The Morgan fingerprint density at radius 3 is 2.92 bits per heavy atom. The summed E-state index contributed by atoms with van der Waals surface area (Å²) in [4.78, 5) is 5.72. The average Bonchev–Trinajstić information content (AvgIpc) is 2.52. The first kappa shape index (κ1) is 10.8. The van der Waals surface area contributed by atoms with Gasteiger partial charge in [0.25, 0.3) is 0 Å². The zero-order chi connectivity index (χ0) is 9.84. The van der Waals surface area contributed by atoms with E-state index in [4.69, 9.17) is 0 Å². The number of aliphatic hydroxyl groups excluding tert-OH is 1. The Bertz CT molecular complexity index is 263. The van der Waals surface area contributed by atoms with Gasteiger partial charge >= 0.3 is 0 Å². The summed E-state index contributed by atoms with van der Waals surface area (Å²) in [6, 6.07) is 0. The van der Waals surface area contributed by atoms with Crippen molar-refractivity contribution in [3.8, 4) is 0 Å². The molecule has 1 heterocycles. The molecule has 1 atom stereocenters. The number of aromatic nitrogens is 3. The fourth-order valence-corrected chi connectivity index (χ4v) is 1.16. The number of nitrogens with one attached hydrogen (secondary N) is 2. The molecule has 0 saturated heterocycles. The number of nitrogens with zero attached hydrogens (tertiary/aromatic N) is 3. The van der Waals surface area contributed by atoms with Gasteiger partial charge in [-0.2, -0.15) is 5.10 Å². The zero-order valence-corrected chi connectivity index (χ0v) is 9.61. The molecule has 7 heteroatoms. The second-order valence-corrected chi connectivity index (χ2v) is 3.55. The van der Waals surface area contributed by atoms with Gasteiger partial charge in [0.15, 0.2) is 12.1 Å². The van der Waals surface area contributed by atoms with Gasteiger partial charge in [-0.1, -0.05) is 0 Å². The maximum Gasteiger partial charge on any atom is 0.194 e. The Morgan fingerprint density at radius 2 is 2.38 bits per heavy atom. The minimum absolute atomic E-state index is 0.395. The Balaban J connectivity index is 2.67. The van der Waals surface area contributed by atoms with Crippen LogP contribution in [0.25, 0.3) is 0 Å². The van der Waals surface area contributed by atoms with Crippen molar-refractivity contribution in [2.75, 3.05) is 14.1 Å².